The van der Waals surface area contributed by atoms with Gasteiger partial charge in [0.2, 0.25) is 0 Å². The molecule has 0 saturated carbocycles. The zero-order valence-corrected chi connectivity index (χ0v) is 14.2. The molecular formula is C21H19ClO2. The molecule has 0 saturated heterocycles. The third-order valence-corrected chi connectivity index (χ3v) is 4.84. The van der Waals surface area contributed by atoms with Crippen molar-refractivity contribution in [2.45, 2.75) is 18.8 Å². The average molecular weight is 339 g/mol. The molecule has 0 aliphatic carbocycles. The first-order valence-corrected chi connectivity index (χ1v) is 8.29. The Morgan fingerprint density at radius 2 is 1.00 bits per heavy atom. The number of phenols is 2. The number of hydrogen-bond donors (Lipinski definition) is 2. The molecule has 3 rings (SSSR count). The average Bonchev–Trinajstić information content (AvgIpc) is 2.60. The van der Waals surface area contributed by atoms with E-state index in [1.807, 2.05) is 48.5 Å². The summed E-state index contributed by atoms with van der Waals surface area (Å²) in [6.45, 7) is 2.13. The van der Waals surface area contributed by atoms with Crippen molar-refractivity contribution in [1.29, 1.82) is 0 Å². The van der Waals surface area contributed by atoms with Gasteiger partial charge < -0.3 is 10.2 Å². The largest absolute Gasteiger partial charge is 0.508 e. The molecule has 0 fully saturated rings. The first-order valence-electron chi connectivity index (χ1n) is 7.91. The van der Waals surface area contributed by atoms with E-state index in [4.69, 9.17) is 11.6 Å². The van der Waals surface area contributed by atoms with Gasteiger partial charge in [-0.25, -0.2) is 0 Å². The molecule has 24 heavy (non-hydrogen) atoms. The minimum Gasteiger partial charge on any atom is -0.508 e. The number of phenolic OH excluding ortho intramolecular Hbond substituents is 2. The second-order valence-electron chi connectivity index (χ2n) is 5.86. The lowest BCUT2D eigenvalue weighted by atomic mass is 9.68. The highest BCUT2D eigenvalue weighted by Gasteiger charge is 2.34. The molecular weight excluding hydrogens is 320 g/mol. The molecule has 0 heterocycles. The molecule has 0 aliphatic heterocycles. The van der Waals surface area contributed by atoms with Crippen LogP contribution in [0.4, 0.5) is 0 Å². The van der Waals surface area contributed by atoms with Crippen LogP contribution >= 0.6 is 11.6 Å². The van der Waals surface area contributed by atoms with Gasteiger partial charge in [0.05, 0.1) is 0 Å². The van der Waals surface area contributed by atoms with Crippen molar-refractivity contribution in [2.24, 2.45) is 0 Å². The number of halogens is 1. The van der Waals surface area contributed by atoms with Crippen LogP contribution in [0, 0.1) is 0 Å². The van der Waals surface area contributed by atoms with Crippen LogP contribution in [0.2, 0.25) is 5.02 Å². The van der Waals surface area contributed by atoms with Crippen molar-refractivity contribution in [3.05, 3.63) is 94.5 Å². The predicted molar refractivity (Wildman–Crippen MR) is 97.8 cm³/mol. The molecule has 0 radical (unpaired) electrons. The van der Waals surface area contributed by atoms with Gasteiger partial charge in [-0.1, -0.05) is 54.9 Å². The number of benzene rings is 3. The van der Waals surface area contributed by atoms with Crippen LogP contribution in [-0.2, 0) is 5.41 Å². The molecule has 0 spiro atoms. The van der Waals surface area contributed by atoms with E-state index in [2.05, 4.69) is 6.92 Å². The summed E-state index contributed by atoms with van der Waals surface area (Å²) in [4.78, 5) is 0. The number of hydrogen-bond acceptors (Lipinski definition) is 2. The van der Waals surface area contributed by atoms with Gasteiger partial charge in [0.1, 0.15) is 11.5 Å². The van der Waals surface area contributed by atoms with E-state index in [1.165, 1.54) is 0 Å². The Morgan fingerprint density at radius 3 is 1.33 bits per heavy atom. The quantitative estimate of drug-likeness (QED) is 0.617. The van der Waals surface area contributed by atoms with Crippen molar-refractivity contribution >= 4 is 11.6 Å². The minimum absolute atomic E-state index is 0.241. The van der Waals surface area contributed by atoms with E-state index < -0.39 is 0 Å². The third kappa shape index (κ3) is 2.85. The lowest BCUT2D eigenvalue weighted by molar-refractivity contribution is 0.473. The maximum Gasteiger partial charge on any atom is 0.115 e. The standard InChI is InChI=1S/C21H19ClO2/c1-2-21(15-3-9-18(22)10-4-15,16-5-11-19(23)12-6-16)17-7-13-20(24)14-8-17/h3-14,23-24H,2H2,1H3. The summed E-state index contributed by atoms with van der Waals surface area (Å²) in [6.07, 6.45) is 0.824. The molecule has 0 aromatic heterocycles. The fraction of sp³-hybridized carbons (Fsp3) is 0.143. The monoisotopic (exact) mass is 338 g/mol. The third-order valence-electron chi connectivity index (χ3n) is 4.59. The number of rotatable bonds is 4. The highest BCUT2D eigenvalue weighted by molar-refractivity contribution is 6.30. The van der Waals surface area contributed by atoms with E-state index in [0.29, 0.717) is 5.02 Å². The van der Waals surface area contributed by atoms with Crippen molar-refractivity contribution in [1.82, 2.24) is 0 Å². The molecule has 3 aromatic carbocycles. The van der Waals surface area contributed by atoms with Crippen LogP contribution < -0.4 is 0 Å². The van der Waals surface area contributed by atoms with Gasteiger partial charge >= 0.3 is 0 Å². The molecule has 2 nitrogen and oxygen atoms in total. The van der Waals surface area contributed by atoms with Gasteiger partial charge in [0.25, 0.3) is 0 Å². The summed E-state index contributed by atoms with van der Waals surface area (Å²) < 4.78 is 0. The van der Waals surface area contributed by atoms with Crippen LogP contribution in [0.3, 0.4) is 0 Å². The van der Waals surface area contributed by atoms with Crippen LogP contribution in [0.1, 0.15) is 30.0 Å². The summed E-state index contributed by atoms with van der Waals surface area (Å²) in [5.41, 5.74) is 2.89. The van der Waals surface area contributed by atoms with E-state index >= 15 is 0 Å². The first kappa shape index (κ1) is 16.4. The van der Waals surface area contributed by atoms with Crippen molar-refractivity contribution in [3.63, 3.8) is 0 Å². The Labute approximate surface area is 147 Å². The molecule has 0 bridgehead atoms. The second-order valence-corrected chi connectivity index (χ2v) is 6.30. The highest BCUT2D eigenvalue weighted by atomic mass is 35.5. The molecule has 0 atom stereocenters. The molecule has 3 aromatic rings. The molecule has 2 N–H and O–H groups in total. The van der Waals surface area contributed by atoms with Crippen LogP contribution in [0.15, 0.2) is 72.8 Å². The fourth-order valence-electron chi connectivity index (χ4n) is 3.34. The van der Waals surface area contributed by atoms with Gasteiger partial charge in [-0.3, -0.25) is 0 Å². The SMILES string of the molecule is CCC(c1ccc(O)cc1)(c1ccc(O)cc1)c1ccc(Cl)cc1. The van der Waals surface area contributed by atoms with Gasteiger partial charge in [-0.15, -0.1) is 0 Å². The Hall–Kier alpha value is -2.45. The van der Waals surface area contributed by atoms with Gasteiger partial charge in [-0.2, -0.15) is 0 Å². The molecule has 3 heteroatoms. The van der Waals surface area contributed by atoms with Crippen molar-refractivity contribution < 1.29 is 10.2 Å². The summed E-state index contributed by atoms with van der Waals surface area (Å²) in [5.74, 6) is 0.483. The molecule has 0 unspecified atom stereocenters. The van der Waals surface area contributed by atoms with Gasteiger partial charge in [0.15, 0.2) is 0 Å². The lowest BCUT2D eigenvalue weighted by Crippen LogP contribution is -2.28. The normalized spacial score (nSPS) is 11.4. The van der Waals surface area contributed by atoms with Crippen molar-refractivity contribution in [2.75, 3.05) is 0 Å². The maximum absolute atomic E-state index is 9.66. The molecule has 0 amide bonds. The summed E-state index contributed by atoms with van der Waals surface area (Å²) in [5, 5.41) is 20.0. The zero-order chi connectivity index (χ0) is 17.2. The summed E-state index contributed by atoms with van der Waals surface area (Å²) in [6, 6.07) is 22.4. The maximum atomic E-state index is 9.66. The van der Waals surface area contributed by atoms with Crippen LogP contribution in [0.5, 0.6) is 11.5 Å². The Bertz CT molecular complexity index is 695. The summed E-state index contributed by atoms with van der Waals surface area (Å²) in [7, 11) is 0. The Morgan fingerprint density at radius 1 is 0.667 bits per heavy atom. The molecule has 122 valence electrons. The van der Waals surface area contributed by atoms with E-state index in [-0.39, 0.29) is 16.9 Å². The Kier molecular flexibility index (Phi) is 4.50. The smallest absolute Gasteiger partial charge is 0.115 e. The lowest BCUT2D eigenvalue weighted by Gasteiger charge is -2.35. The second kappa shape index (κ2) is 6.58. The Balaban J connectivity index is 2.27. The topological polar surface area (TPSA) is 40.5 Å². The first-order chi connectivity index (χ1) is 11.6. The zero-order valence-electron chi connectivity index (χ0n) is 13.4. The van der Waals surface area contributed by atoms with E-state index in [1.54, 1.807) is 24.3 Å². The summed E-state index contributed by atoms with van der Waals surface area (Å²) >= 11 is 6.07. The van der Waals surface area contributed by atoms with Crippen LogP contribution in [0.25, 0.3) is 0 Å². The van der Waals surface area contributed by atoms with Gasteiger partial charge in [0, 0.05) is 10.4 Å². The molecule has 0 aliphatic rings. The highest BCUT2D eigenvalue weighted by Crippen LogP contribution is 2.43. The predicted octanol–water partition coefficient (Wildman–Crippen LogP) is 5.50. The van der Waals surface area contributed by atoms with Crippen molar-refractivity contribution in [3.8, 4) is 11.5 Å². The number of aromatic hydroxyl groups is 2. The van der Waals surface area contributed by atoms with E-state index in [9.17, 15) is 10.2 Å². The van der Waals surface area contributed by atoms with E-state index in [0.717, 1.165) is 23.1 Å². The fourth-order valence-corrected chi connectivity index (χ4v) is 3.46. The van der Waals surface area contributed by atoms with Gasteiger partial charge in [-0.05, 0) is 59.5 Å². The van der Waals surface area contributed by atoms with Crippen LogP contribution in [-0.4, -0.2) is 10.2 Å². The minimum atomic E-state index is -0.383.